The van der Waals surface area contributed by atoms with E-state index in [0.717, 1.165) is 25.2 Å². The smallest absolute Gasteiger partial charge is 0.209 e. The van der Waals surface area contributed by atoms with Crippen molar-refractivity contribution in [2.24, 2.45) is 0 Å². The van der Waals surface area contributed by atoms with Crippen LogP contribution in [-0.2, 0) is 16.6 Å². The average Bonchev–Trinajstić information content (AvgIpc) is 2.62. The van der Waals surface area contributed by atoms with Crippen LogP contribution >= 0.6 is 0 Å². The van der Waals surface area contributed by atoms with E-state index in [0.29, 0.717) is 5.92 Å². The summed E-state index contributed by atoms with van der Waals surface area (Å²) < 4.78 is 25.4. The summed E-state index contributed by atoms with van der Waals surface area (Å²) in [5, 5.41) is 0. The van der Waals surface area contributed by atoms with Crippen molar-refractivity contribution in [3.05, 3.63) is 71.3 Å². The molecule has 3 rings (SSSR count). The standard InChI is InChI=1S/C21H28N2O2S/c1-17(22-26(2,24)25)19-12-10-18(11-13-19)15-23-14-6-9-21(16-23)20-7-4-3-5-8-20/h3-5,7-8,10-13,17,21-22H,6,9,14-16H2,1-2H3/t17-,21-/m1/s1. The van der Waals surface area contributed by atoms with Gasteiger partial charge in [-0.05, 0) is 48.9 Å². The lowest BCUT2D eigenvalue weighted by Crippen LogP contribution is -2.33. The first-order valence-corrected chi connectivity index (χ1v) is 11.1. The van der Waals surface area contributed by atoms with Gasteiger partial charge in [-0.25, -0.2) is 13.1 Å². The van der Waals surface area contributed by atoms with E-state index in [1.54, 1.807) is 0 Å². The van der Waals surface area contributed by atoms with Crippen LogP contribution in [-0.4, -0.2) is 32.7 Å². The number of piperidine rings is 1. The van der Waals surface area contributed by atoms with Gasteiger partial charge in [0.2, 0.25) is 10.0 Å². The highest BCUT2D eigenvalue weighted by molar-refractivity contribution is 7.88. The van der Waals surface area contributed by atoms with Crippen molar-refractivity contribution in [3.63, 3.8) is 0 Å². The molecule has 1 heterocycles. The summed E-state index contributed by atoms with van der Waals surface area (Å²) in [5.41, 5.74) is 3.70. The zero-order valence-corrected chi connectivity index (χ0v) is 16.4. The zero-order valence-electron chi connectivity index (χ0n) is 15.6. The van der Waals surface area contributed by atoms with E-state index in [4.69, 9.17) is 0 Å². The Morgan fingerprint density at radius 1 is 1.12 bits per heavy atom. The highest BCUT2D eigenvalue weighted by Crippen LogP contribution is 2.27. The molecule has 0 spiro atoms. The number of sulfonamides is 1. The first-order chi connectivity index (χ1) is 12.4. The number of likely N-dealkylation sites (tertiary alicyclic amines) is 1. The second-order valence-electron chi connectivity index (χ2n) is 7.34. The van der Waals surface area contributed by atoms with E-state index in [9.17, 15) is 8.42 Å². The van der Waals surface area contributed by atoms with E-state index in [2.05, 4.69) is 52.1 Å². The van der Waals surface area contributed by atoms with E-state index < -0.39 is 10.0 Å². The summed E-state index contributed by atoms with van der Waals surface area (Å²) in [5.74, 6) is 0.614. The lowest BCUT2D eigenvalue weighted by atomic mass is 9.90. The minimum atomic E-state index is -3.20. The second kappa shape index (κ2) is 8.33. The molecule has 2 aromatic carbocycles. The van der Waals surface area contributed by atoms with Crippen LogP contribution in [0.2, 0.25) is 0 Å². The number of nitrogens with one attached hydrogen (secondary N) is 1. The molecule has 1 fully saturated rings. The fourth-order valence-electron chi connectivity index (χ4n) is 3.76. The SMILES string of the molecule is C[C@@H](NS(C)(=O)=O)c1ccc(CN2CCC[C@@H](c3ccccc3)C2)cc1. The summed E-state index contributed by atoms with van der Waals surface area (Å²) in [7, 11) is -3.20. The Balaban J connectivity index is 1.60. The third-order valence-electron chi connectivity index (χ3n) is 5.05. The molecule has 140 valence electrons. The third-order valence-corrected chi connectivity index (χ3v) is 5.83. The van der Waals surface area contributed by atoms with Gasteiger partial charge in [-0.2, -0.15) is 0 Å². The first kappa shape index (κ1) is 19.1. The molecule has 4 nitrogen and oxygen atoms in total. The van der Waals surface area contributed by atoms with Crippen molar-refractivity contribution >= 4 is 10.0 Å². The van der Waals surface area contributed by atoms with E-state index in [1.165, 1.54) is 30.2 Å². The molecular weight excluding hydrogens is 344 g/mol. The molecule has 26 heavy (non-hydrogen) atoms. The monoisotopic (exact) mass is 372 g/mol. The maximum absolute atomic E-state index is 11.4. The molecule has 2 atom stereocenters. The summed E-state index contributed by atoms with van der Waals surface area (Å²) in [6.07, 6.45) is 3.68. The second-order valence-corrected chi connectivity index (χ2v) is 9.12. The lowest BCUT2D eigenvalue weighted by Gasteiger charge is -2.33. The predicted octanol–water partition coefficient (Wildman–Crippen LogP) is 3.68. The first-order valence-electron chi connectivity index (χ1n) is 9.24. The normalized spacial score (nSPS) is 20.0. The molecule has 0 aliphatic carbocycles. The molecule has 0 saturated carbocycles. The fourth-order valence-corrected chi connectivity index (χ4v) is 4.53. The average molecular weight is 373 g/mol. The molecule has 5 heteroatoms. The van der Waals surface area contributed by atoms with Crippen LogP contribution < -0.4 is 4.72 Å². The van der Waals surface area contributed by atoms with Crippen LogP contribution in [0.5, 0.6) is 0 Å². The minimum Gasteiger partial charge on any atom is -0.298 e. The number of hydrogen-bond donors (Lipinski definition) is 1. The summed E-state index contributed by atoms with van der Waals surface area (Å²) in [6, 6.07) is 18.9. The maximum Gasteiger partial charge on any atom is 0.209 e. The Morgan fingerprint density at radius 3 is 2.46 bits per heavy atom. The van der Waals surface area contributed by atoms with Crippen molar-refractivity contribution in [1.29, 1.82) is 0 Å². The van der Waals surface area contributed by atoms with Gasteiger partial charge in [-0.3, -0.25) is 4.90 Å². The van der Waals surface area contributed by atoms with Crippen LogP contribution in [0.1, 0.15) is 48.4 Å². The quantitative estimate of drug-likeness (QED) is 0.842. The molecule has 0 amide bonds. The van der Waals surface area contributed by atoms with Gasteiger partial charge in [0.15, 0.2) is 0 Å². The topological polar surface area (TPSA) is 49.4 Å². The third kappa shape index (κ3) is 5.40. The van der Waals surface area contributed by atoms with Gasteiger partial charge in [-0.1, -0.05) is 54.6 Å². The Bertz CT molecular complexity index is 804. The maximum atomic E-state index is 11.4. The summed E-state index contributed by atoms with van der Waals surface area (Å²) in [6.45, 7) is 5.04. The van der Waals surface area contributed by atoms with Gasteiger partial charge in [0.05, 0.1) is 6.26 Å². The van der Waals surface area contributed by atoms with Crippen molar-refractivity contribution in [2.45, 2.75) is 38.3 Å². The van der Waals surface area contributed by atoms with Crippen molar-refractivity contribution in [3.8, 4) is 0 Å². The minimum absolute atomic E-state index is 0.212. The summed E-state index contributed by atoms with van der Waals surface area (Å²) in [4.78, 5) is 2.52. The Hall–Kier alpha value is -1.69. The summed E-state index contributed by atoms with van der Waals surface area (Å²) >= 11 is 0. The van der Waals surface area contributed by atoms with Gasteiger partial charge in [-0.15, -0.1) is 0 Å². The molecule has 0 aromatic heterocycles. The highest BCUT2D eigenvalue weighted by Gasteiger charge is 2.21. The number of nitrogens with zero attached hydrogens (tertiary/aromatic N) is 1. The van der Waals surface area contributed by atoms with Gasteiger partial charge in [0, 0.05) is 19.1 Å². The molecule has 1 aliphatic heterocycles. The molecule has 0 unspecified atom stereocenters. The molecule has 0 radical (unpaired) electrons. The van der Waals surface area contributed by atoms with Crippen LogP contribution in [0.15, 0.2) is 54.6 Å². The number of rotatable bonds is 6. The van der Waals surface area contributed by atoms with Crippen LogP contribution in [0.3, 0.4) is 0 Å². The fraction of sp³-hybridized carbons (Fsp3) is 0.429. The van der Waals surface area contributed by atoms with Gasteiger partial charge in [0.25, 0.3) is 0 Å². The van der Waals surface area contributed by atoms with Crippen LogP contribution in [0.25, 0.3) is 0 Å². The van der Waals surface area contributed by atoms with Crippen LogP contribution in [0, 0.1) is 0 Å². The molecule has 1 N–H and O–H groups in total. The van der Waals surface area contributed by atoms with E-state index in [-0.39, 0.29) is 6.04 Å². The van der Waals surface area contributed by atoms with Gasteiger partial charge in [0.1, 0.15) is 0 Å². The molecule has 1 saturated heterocycles. The Kier molecular flexibility index (Phi) is 6.12. The Morgan fingerprint density at radius 2 is 1.81 bits per heavy atom. The van der Waals surface area contributed by atoms with E-state index >= 15 is 0 Å². The predicted molar refractivity (Wildman–Crippen MR) is 107 cm³/mol. The molecule has 0 bridgehead atoms. The van der Waals surface area contributed by atoms with Crippen LogP contribution in [0.4, 0.5) is 0 Å². The number of hydrogen-bond acceptors (Lipinski definition) is 3. The lowest BCUT2D eigenvalue weighted by molar-refractivity contribution is 0.200. The van der Waals surface area contributed by atoms with Gasteiger partial charge >= 0.3 is 0 Å². The van der Waals surface area contributed by atoms with Crippen molar-refractivity contribution in [1.82, 2.24) is 9.62 Å². The number of benzene rings is 2. The highest BCUT2D eigenvalue weighted by atomic mass is 32.2. The molecular formula is C21H28N2O2S. The largest absolute Gasteiger partial charge is 0.298 e. The van der Waals surface area contributed by atoms with E-state index in [1.807, 2.05) is 19.1 Å². The van der Waals surface area contributed by atoms with Gasteiger partial charge < -0.3 is 0 Å². The van der Waals surface area contributed by atoms with Crippen molar-refractivity contribution < 1.29 is 8.42 Å². The Labute approximate surface area is 157 Å². The molecule has 2 aromatic rings. The molecule has 1 aliphatic rings. The van der Waals surface area contributed by atoms with Crippen molar-refractivity contribution in [2.75, 3.05) is 19.3 Å². The zero-order chi connectivity index (χ0) is 18.6.